The number of halogens is 1. The Hall–Kier alpha value is -1.59. The zero-order valence-corrected chi connectivity index (χ0v) is 13.0. The SMILES string of the molecule is COC(=O)C(c1cccc(Cl)c1)N1CCN(C(C)=O)CC1. The lowest BCUT2D eigenvalue weighted by atomic mass is 10.0. The summed E-state index contributed by atoms with van der Waals surface area (Å²) in [6.07, 6.45) is 0. The van der Waals surface area contributed by atoms with E-state index in [1.165, 1.54) is 7.11 Å². The van der Waals surface area contributed by atoms with E-state index in [1.54, 1.807) is 24.0 Å². The van der Waals surface area contributed by atoms with E-state index >= 15 is 0 Å². The predicted octanol–water partition coefficient (Wildman–Crippen LogP) is 1.72. The normalized spacial score (nSPS) is 17.4. The summed E-state index contributed by atoms with van der Waals surface area (Å²) in [4.78, 5) is 27.3. The van der Waals surface area contributed by atoms with Gasteiger partial charge in [0.05, 0.1) is 7.11 Å². The third kappa shape index (κ3) is 3.74. The quantitative estimate of drug-likeness (QED) is 0.798. The molecule has 0 saturated carbocycles. The number of esters is 1. The number of rotatable bonds is 3. The second-order valence-electron chi connectivity index (χ2n) is 5.02. The minimum atomic E-state index is -0.484. The molecule has 114 valence electrons. The fourth-order valence-corrected chi connectivity index (χ4v) is 2.78. The zero-order chi connectivity index (χ0) is 15.4. The van der Waals surface area contributed by atoms with Crippen molar-refractivity contribution in [1.29, 1.82) is 0 Å². The number of piperazine rings is 1. The summed E-state index contributed by atoms with van der Waals surface area (Å²) in [6.45, 7) is 4.05. The standard InChI is InChI=1S/C15H19ClN2O3/c1-11(19)17-6-8-18(9-7-17)14(15(20)21-2)12-4-3-5-13(16)10-12/h3-5,10,14H,6-9H2,1-2H3. The van der Waals surface area contributed by atoms with Crippen LogP contribution in [0.5, 0.6) is 0 Å². The van der Waals surface area contributed by atoms with Crippen LogP contribution in [0.3, 0.4) is 0 Å². The summed E-state index contributed by atoms with van der Waals surface area (Å²) < 4.78 is 4.93. The molecule has 0 radical (unpaired) electrons. The van der Waals surface area contributed by atoms with E-state index in [-0.39, 0.29) is 11.9 Å². The molecule has 1 heterocycles. The van der Waals surface area contributed by atoms with Gasteiger partial charge in [-0.25, -0.2) is 4.79 Å². The number of carbonyl (C=O) groups is 2. The zero-order valence-electron chi connectivity index (χ0n) is 12.2. The molecule has 5 nitrogen and oxygen atoms in total. The number of amides is 1. The molecule has 6 heteroatoms. The summed E-state index contributed by atoms with van der Waals surface area (Å²) in [5, 5.41) is 0.587. The van der Waals surface area contributed by atoms with Crippen molar-refractivity contribution in [3.8, 4) is 0 Å². The highest BCUT2D eigenvalue weighted by Gasteiger charge is 2.31. The average molecular weight is 311 g/mol. The van der Waals surface area contributed by atoms with Crippen LogP contribution >= 0.6 is 11.6 Å². The summed E-state index contributed by atoms with van der Waals surface area (Å²) in [7, 11) is 1.38. The van der Waals surface area contributed by atoms with Crippen LogP contribution in [0, 0.1) is 0 Å². The Kier molecular flexibility index (Phi) is 5.20. The third-order valence-electron chi connectivity index (χ3n) is 3.71. The van der Waals surface area contributed by atoms with E-state index in [0.29, 0.717) is 31.2 Å². The first-order chi connectivity index (χ1) is 10.0. The van der Waals surface area contributed by atoms with E-state index in [1.807, 2.05) is 17.0 Å². The summed E-state index contributed by atoms with van der Waals surface area (Å²) in [6, 6.07) is 6.75. The molecule has 0 aromatic heterocycles. The number of hydrogen-bond acceptors (Lipinski definition) is 4. The van der Waals surface area contributed by atoms with Crippen LogP contribution in [0.1, 0.15) is 18.5 Å². The monoisotopic (exact) mass is 310 g/mol. The molecular formula is C15H19ClN2O3. The van der Waals surface area contributed by atoms with Gasteiger partial charge in [-0.1, -0.05) is 23.7 Å². The minimum absolute atomic E-state index is 0.0621. The maximum atomic E-state index is 12.2. The van der Waals surface area contributed by atoms with Crippen molar-refractivity contribution in [1.82, 2.24) is 9.80 Å². The third-order valence-corrected chi connectivity index (χ3v) is 3.95. The highest BCUT2D eigenvalue weighted by atomic mass is 35.5. The van der Waals surface area contributed by atoms with Gasteiger partial charge in [0.2, 0.25) is 5.91 Å². The predicted molar refractivity (Wildman–Crippen MR) is 80.0 cm³/mol. The Morgan fingerprint density at radius 1 is 1.24 bits per heavy atom. The van der Waals surface area contributed by atoms with Gasteiger partial charge in [0.25, 0.3) is 0 Å². The van der Waals surface area contributed by atoms with Gasteiger partial charge < -0.3 is 9.64 Å². The molecular weight excluding hydrogens is 292 g/mol. The molecule has 21 heavy (non-hydrogen) atoms. The molecule has 0 aliphatic carbocycles. The number of ether oxygens (including phenoxy) is 1. The van der Waals surface area contributed by atoms with Crippen molar-refractivity contribution in [3.63, 3.8) is 0 Å². The Balaban J connectivity index is 2.18. The van der Waals surface area contributed by atoms with Crippen molar-refractivity contribution >= 4 is 23.5 Å². The van der Waals surface area contributed by atoms with Crippen LogP contribution in [0.4, 0.5) is 0 Å². The van der Waals surface area contributed by atoms with Crippen LogP contribution in [0.15, 0.2) is 24.3 Å². The molecule has 1 saturated heterocycles. The van der Waals surface area contributed by atoms with Gasteiger partial charge in [-0.2, -0.15) is 0 Å². The first-order valence-electron chi connectivity index (χ1n) is 6.86. The molecule has 0 N–H and O–H groups in total. The van der Waals surface area contributed by atoms with Gasteiger partial charge in [-0.3, -0.25) is 9.69 Å². The van der Waals surface area contributed by atoms with Gasteiger partial charge in [-0.05, 0) is 17.7 Å². The molecule has 0 bridgehead atoms. The van der Waals surface area contributed by atoms with E-state index in [0.717, 1.165) is 5.56 Å². The highest BCUT2D eigenvalue weighted by molar-refractivity contribution is 6.30. The van der Waals surface area contributed by atoms with Crippen molar-refractivity contribution < 1.29 is 14.3 Å². The molecule has 1 atom stereocenters. The van der Waals surface area contributed by atoms with Gasteiger partial charge in [0.1, 0.15) is 6.04 Å². The smallest absolute Gasteiger partial charge is 0.327 e. The van der Waals surface area contributed by atoms with Gasteiger partial charge in [0.15, 0.2) is 0 Å². The summed E-state index contributed by atoms with van der Waals surface area (Å²) in [5.74, 6) is -0.249. The fourth-order valence-electron chi connectivity index (χ4n) is 2.58. The second kappa shape index (κ2) is 6.91. The first kappa shape index (κ1) is 15.8. The average Bonchev–Trinajstić information content (AvgIpc) is 2.48. The van der Waals surface area contributed by atoms with Crippen molar-refractivity contribution in [2.24, 2.45) is 0 Å². The van der Waals surface area contributed by atoms with Crippen molar-refractivity contribution in [2.75, 3.05) is 33.3 Å². The molecule has 2 rings (SSSR count). The Morgan fingerprint density at radius 2 is 1.90 bits per heavy atom. The van der Waals surface area contributed by atoms with Crippen molar-refractivity contribution in [2.45, 2.75) is 13.0 Å². The van der Waals surface area contributed by atoms with Crippen LogP contribution in [0.2, 0.25) is 5.02 Å². The van der Waals surface area contributed by atoms with Gasteiger partial charge >= 0.3 is 5.97 Å². The molecule has 1 aromatic rings. The molecule has 1 unspecified atom stereocenters. The fraction of sp³-hybridized carbons (Fsp3) is 0.467. The van der Waals surface area contributed by atoms with E-state index in [4.69, 9.17) is 16.3 Å². The van der Waals surface area contributed by atoms with E-state index < -0.39 is 6.04 Å². The van der Waals surface area contributed by atoms with Crippen LogP contribution in [-0.2, 0) is 14.3 Å². The highest BCUT2D eigenvalue weighted by Crippen LogP contribution is 2.25. The number of carbonyl (C=O) groups excluding carboxylic acids is 2. The number of nitrogens with zero attached hydrogens (tertiary/aromatic N) is 2. The maximum Gasteiger partial charge on any atom is 0.327 e. The Labute approximate surface area is 129 Å². The van der Waals surface area contributed by atoms with Gasteiger partial charge in [0, 0.05) is 38.1 Å². The van der Waals surface area contributed by atoms with E-state index in [2.05, 4.69) is 0 Å². The lowest BCUT2D eigenvalue weighted by Crippen LogP contribution is -2.50. The summed E-state index contributed by atoms with van der Waals surface area (Å²) in [5.41, 5.74) is 0.811. The van der Waals surface area contributed by atoms with E-state index in [9.17, 15) is 9.59 Å². The number of benzene rings is 1. The lowest BCUT2D eigenvalue weighted by molar-refractivity contribution is -0.148. The maximum absolute atomic E-state index is 12.2. The van der Waals surface area contributed by atoms with Crippen molar-refractivity contribution in [3.05, 3.63) is 34.9 Å². The molecule has 1 aromatic carbocycles. The second-order valence-corrected chi connectivity index (χ2v) is 5.46. The van der Waals surface area contributed by atoms with Crippen LogP contribution in [0.25, 0.3) is 0 Å². The first-order valence-corrected chi connectivity index (χ1v) is 7.23. The van der Waals surface area contributed by atoms with Crippen LogP contribution < -0.4 is 0 Å². The number of hydrogen-bond donors (Lipinski definition) is 0. The molecule has 1 amide bonds. The number of methoxy groups -OCH3 is 1. The molecule has 1 fully saturated rings. The topological polar surface area (TPSA) is 49.9 Å². The molecule has 0 spiro atoms. The Morgan fingerprint density at radius 3 is 2.43 bits per heavy atom. The summed E-state index contributed by atoms with van der Waals surface area (Å²) >= 11 is 6.02. The lowest BCUT2D eigenvalue weighted by Gasteiger charge is -2.37. The largest absolute Gasteiger partial charge is 0.468 e. The molecule has 1 aliphatic rings. The Bertz CT molecular complexity index is 527. The van der Waals surface area contributed by atoms with Gasteiger partial charge in [-0.15, -0.1) is 0 Å². The van der Waals surface area contributed by atoms with Crippen LogP contribution in [-0.4, -0.2) is 55.0 Å². The minimum Gasteiger partial charge on any atom is -0.468 e. The molecule has 1 aliphatic heterocycles.